The first kappa shape index (κ1) is 28.0. The number of nitrogens with one attached hydrogen (secondary N) is 2. The SMILES string of the molecule is Oc1nc(NCCC2CCOCC2)sc1C(=Cc1ccc(C(F)(F)F)cc1C(F)(F)F)c1ccc2[nH]ncc2c1. The highest BCUT2D eigenvalue weighted by Crippen LogP contribution is 2.42. The van der Waals surface area contributed by atoms with Crippen molar-refractivity contribution in [1.29, 1.82) is 0 Å². The van der Waals surface area contributed by atoms with E-state index in [-0.39, 0.29) is 16.5 Å². The molecule has 2 aromatic heterocycles. The predicted molar refractivity (Wildman–Crippen MR) is 140 cm³/mol. The molecule has 1 saturated heterocycles. The van der Waals surface area contributed by atoms with E-state index in [1.807, 2.05) is 0 Å². The zero-order valence-electron chi connectivity index (χ0n) is 20.9. The Labute approximate surface area is 228 Å². The monoisotopic (exact) mass is 582 g/mol. The predicted octanol–water partition coefficient (Wildman–Crippen LogP) is 7.58. The van der Waals surface area contributed by atoms with Crippen molar-refractivity contribution in [3.05, 3.63) is 69.7 Å². The number of nitrogens with zero attached hydrogens (tertiary/aromatic N) is 2. The number of thiazole rings is 1. The van der Waals surface area contributed by atoms with E-state index in [0.29, 0.717) is 53.3 Å². The molecule has 0 unspecified atom stereocenters. The standard InChI is InChI=1S/C27H24F6N4O2S/c28-26(29,30)19-3-1-17(21(13-19)27(31,32)33)12-20(16-2-4-22-18(11-16)14-35-37-22)23-24(38)36-25(40-23)34-8-5-15-6-9-39-10-7-15/h1-4,11-15,38H,5-10H2,(H,34,36)(H,35,37). The molecule has 40 heavy (non-hydrogen) atoms. The van der Waals surface area contributed by atoms with Gasteiger partial charge in [-0.05, 0) is 66.6 Å². The van der Waals surface area contributed by atoms with Gasteiger partial charge < -0.3 is 15.2 Å². The van der Waals surface area contributed by atoms with Crippen LogP contribution in [0.15, 0.2) is 42.6 Å². The molecule has 3 N–H and O–H groups in total. The van der Waals surface area contributed by atoms with Crippen LogP contribution in [0.1, 0.15) is 46.4 Å². The molecule has 0 saturated carbocycles. The maximum absolute atomic E-state index is 13.9. The lowest BCUT2D eigenvalue weighted by Crippen LogP contribution is -2.18. The normalized spacial score (nSPS) is 15.6. The number of aromatic amines is 1. The molecule has 1 aliphatic rings. The number of H-pyrrole nitrogens is 1. The lowest BCUT2D eigenvalue weighted by molar-refractivity contribution is -0.143. The number of hydrogen-bond donors (Lipinski definition) is 3. The Morgan fingerprint density at radius 2 is 1.85 bits per heavy atom. The minimum atomic E-state index is -5.06. The topological polar surface area (TPSA) is 83.1 Å². The van der Waals surface area contributed by atoms with Gasteiger partial charge >= 0.3 is 12.4 Å². The van der Waals surface area contributed by atoms with E-state index in [2.05, 4.69) is 20.5 Å². The van der Waals surface area contributed by atoms with Crippen LogP contribution in [0.3, 0.4) is 0 Å². The number of aromatic nitrogens is 3. The van der Waals surface area contributed by atoms with Gasteiger partial charge in [-0.2, -0.15) is 36.4 Å². The number of fused-ring (bicyclic) bond motifs is 1. The molecule has 0 amide bonds. The smallest absolute Gasteiger partial charge is 0.417 e. The zero-order valence-corrected chi connectivity index (χ0v) is 21.7. The van der Waals surface area contributed by atoms with E-state index < -0.39 is 34.9 Å². The highest BCUT2D eigenvalue weighted by atomic mass is 32.1. The number of alkyl halides is 6. The second-order valence-electron chi connectivity index (χ2n) is 9.47. The van der Waals surface area contributed by atoms with Crippen LogP contribution in [0.5, 0.6) is 5.88 Å². The van der Waals surface area contributed by atoms with Gasteiger partial charge in [0.2, 0.25) is 5.88 Å². The molecule has 4 aromatic rings. The maximum Gasteiger partial charge on any atom is 0.417 e. The summed E-state index contributed by atoms with van der Waals surface area (Å²) in [7, 11) is 0. The van der Waals surface area contributed by atoms with Crippen LogP contribution in [-0.4, -0.2) is 40.0 Å². The van der Waals surface area contributed by atoms with Crippen LogP contribution in [0.25, 0.3) is 22.6 Å². The Morgan fingerprint density at radius 1 is 1.07 bits per heavy atom. The van der Waals surface area contributed by atoms with Crippen molar-refractivity contribution in [1.82, 2.24) is 15.2 Å². The highest BCUT2D eigenvalue weighted by molar-refractivity contribution is 7.17. The maximum atomic E-state index is 13.9. The van der Waals surface area contributed by atoms with Crippen LogP contribution >= 0.6 is 11.3 Å². The summed E-state index contributed by atoms with van der Waals surface area (Å²) in [4.78, 5) is 4.33. The van der Waals surface area contributed by atoms with Gasteiger partial charge in [0.05, 0.1) is 22.8 Å². The number of rotatable bonds is 7. The van der Waals surface area contributed by atoms with Crippen LogP contribution in [-0.2, 0) is 17.1 Å². The van der Waals surface area contributed by atoms with E-state index in [1.54, 1.807) is 18.2 Å². The van der Waals surface area contributed by atoms with Crippen molar-refractivity contribution in [3.8, 4) is 5.88 Å². The lowest BCUT2D eigenvalue weighted by atomic mass is 9.96. The van der Waals surface area contributed by atoms with Gasteiger partial charge in [-0.25, -0.2) is 0 Å². The zero-order chi connectivity index (χ0) is 28.5. The molecule has 1 aliphatic heterocycles. The summed E-state index contributed by atoms with van der Waals surface area (Å²) in [6.07, 6.45) is -4.58. The molecule has 0 bridgehead atoms. The minimum Gasteiger partial charge on any atom is -0.492 e. The van der Waals surface area contributed by atoms with Crippen LogP contribution in [0.2, 0.25) is 0 Å². The molecule has 1 fully saturated rings. The average Bonchev–Trinajstić information content (AvgIpc) is 3.52. The van der Waals surface area contributed by atoms with Crippen LogP contribution < -0.4 is 5.32 Å². The van der Waals surface area contributed by atoms with Gasteiger partial charge in [-0.3, -0.25) is 5.10 Å². The van der Waals surface area contributed by atoms with Crippen molar-refractivity contribution >= 4 is 39.0 Å². The fraction of sp³-hybridized carbons (Fsp3) is 0.333. The molecular formula is C27H24F6N4O2S. The minimum absolute atomic E-state index is 0.0958. The van der Waals surface area contributed by atoms with Crippen molar-refractivity contribution in [2.24, 2.45) is 5.92 Å². The summed E-state index contributed by atoms with van der Waals surface area (Å²) >= 11 is 1.05. The quantitative estimate of drug-likeness (QED) is 0.155. The van der Waals surface area contributed by atoms with Gasteiger partial charge in [0.15, 0.2) is 5.13 Å². The van der Waals surface area contributed by atoms with E-state index in [0.717, 1.165) is 42.7 Å². The highest BCUT2D eigenvalue weighted by Gasteiger charge is 2.38. The summed E-state index contributed by atoms with van der Waals surface area (Å²) in [5, 5.41) is 21.7. The molecule has 3 heterocycles. The van der Waals surface area contributed by atoms with Crippen molar-refractivity contribution in [2.75, 3.05) is 25.1 Å². The summed E-state index contributed by atoms with van der Waals surface area (Å²) in [5.74, 6) is 0.0875. The molecule has 6 nitrogen and oxygen atoms in total. The third kappa shape index (κ3) is 6.25. The summed E-state index contributed by atoms with van der Waals surface area (Å²) in [6.45, 7) is 2.01. The summed E-state index contributed by atoms with van der Waals surface area (Å²) in [6, 6.07) is 6.45. The molecule has 0 aliphatic carbocycles. The number of hydrogen-bond acceptors (Lipinski definition) is 6. The third-order valence-electron chi connectivity index (χ3n) is 6.76. The number of halogens is 6. The van der Waals surface area contributed by atoms with Crippen LogP contribution in [0.4, 0.5) is 31.5 Å². The van der Waals surface area contributed by atoms with Gasteiger partial charge in [-0.1, -0.05) is 23.5 Å². The molecule has 13 heteroatoms. The van der Waals surface area contributed by atoms with Crippen molar-refractivity contribution in [2.45, 2.75) is 31.6 Å². The molecule has 0 radical (unpaired) electrons. The molecule has 212 valence electrons. The summed E-state index contributed by atoms with van der Waals surface area (Å²) in [5.41, 5.74) is -2.06. The van der Waals surface area contributed by atoms with Crippen molar-refractivity contribution < 1.29 is 36.2 Å². The number of anilines is 1. The second-order valence-corrected chi connectivity index (χ2v) is 10.5. The number of benzene rings is 2. The first-order valence-electron chi connectivity index (χ1n) is 12.4. The number of aromatic hydroxyl groups is 1. The largest absolute Gasteiger partial charge is 0.492 e. The Bertz CT molecular complexity index is 1520. The van der Waals surface area contributed by atoms with Gasteiger partial charge in [-0.15, -0.1) is 0 Å². The molecular weight excluding hydrogens is 558 g/mol. The second kappa shape index (κ2) is 11.1. The Hall–Kier alpha value is -3.58. The van der Waals surface area contributed by atoms with Crippen molar-refractivity contribution in [3.63, 3.8) is 0 Å². The third-order valence-corrected chi connectivity index (χ3v) is 7.80. The van der Waals surface area contributed by atoms with E-state index in [9.17, 15) is 31.4 Å². The Morgan fingerprint density at radius 3 is 2.58 bits per heavy atom. The average molecular weight is 583 g/mol. The molecule has 5 rings (SSSR count). The van der Waals surface area contributed by atoms with E-state index in [1.165, 1.54) is 6.20 Å². The molecule has 0 atom stereocenters. The first-order valence-corrected chi connectivity index (χ1v) is 13.3. The van der Waals surface area contributed by atoms with E-state index >= 15 is 0 Å². The fourth-order valence-corrected chi connectivity index (χ4v) is 5.55. The van der Waals surface area contributed by atoms with Crippen LogP contribution in [0, 0.1) is 5.92 Å². The van der Waals surface area contributed by atoms with Gasteiger partial charge in [0.1, 0.15) is 4.88 Å². The lowest BCUT2D eigenvalue weighted by Gasteiger charge is -2.21. The molecule has 2 aromatic carbocycles. The fourth-order valence-electron chi connectivity index (χ4n) is 4.63. The Kier molecular flexibility index (Phi) is 7.78. The van der Waals surface area contributed by atoms with E-state index in [4.69, 9.17) is 4.74 Å². The number of ether oxygens (including phenoxy) is 1. The van der Waals surface area contributed by atoms with Gasteiger partial charge in [0, 0.05) is 30.7 Å². The Balaban J connectivity index is 1.55. The molecule has 0 spiro atoms. The van der Waals surface area contributed by atoms with Gasteiger partial charge in [0.25, 0.3) is 0 Å². The summed E-state index contributed by atoms with van der Waals surface area (Å²) < 4.78 is 86.8. The first-order chi connectivity index (χ1) is 19.0.